The number of nitrogens with one attached hydrogen (secondary N) is 1. The van der Waals surface area contributed by atoms with E-state index in [9.17, 15) is 14.0 Å². The highest BCUT2D eigenvalue weighted by Crippen LogP contribution is 2.11. The van der Waals surface area contributed by atoms with Crippen LogP contribution in [-0.2, 0) is 6.54 Å². The molecule has 0 radical (unpaired) electrons. The molecule has 0 spiro atoms. The van der Waals surface area contributed by atoms with Crippen molar-refractivity contribution in [3.05, 3.63) is 99.7 Å². The molecule has 1 atom stereocenters. The van der Waals surface area contributed by atoms with Crippen LogP contribution in [0.25, 0.3) is 0 Å². The van der Waals surface area contributed by atoms with Crippen LogP contribution in [-0.4, -0.2) is 15.7 Å². The van der Waals surface area contributed by atoms with Gasteiger partial charge in [-0.05, 0) is 36.2 Å². The van der Waals surface area contributed by atoms with Crippen LogP contribution in [0.2, 0.25) is 0 Å². The zero-order chi connectivity index (χ0) is 18.5. The lowest BCUT2D eigenvalue weighted by Crippen LogP contribution is -2.31. The Kier molecular flexibility index (Phi) is 5.22. The van der Waals surface area contributed by atoms with Gasteiger partial charge in [-0.3, -0.25) is 9.59 Å². The second-order valence-corrected chi connectivity index (χ2v) is 5.95. The fourth-order valence-corrected chi connectivity index (χ4v) is 2.54. The number of aromatic nitrogens is 2. The lowest BCUT2D eigenvalue weighted by Gasteiger charge is -2.14. The van der Waals surface area contributed by atoms with Crippen LogP contribution < -0.4 is 10.9 Å². The van der Waals surface area contributed by atoms with Crippen LogP contribution in [0.3, 0.4) is 0 Å². The highest BCUT2D eigenvalue weighted by molar-refractivity contribution is 5.92. The van der Waals surface area contributed by atoms with Crippen molar-refractivity contribution in [2.45, 2.75) is 19.5 Å². The molecule has 0 saturated carbocycles. The summed E-state index contributed by atoms with van der Waals surface area (Å²) in [7, 11) is 0. The normalized spacial score (nSPS) is 11.8. The summed E-state index contributed by atoms with van der Waals surface area (Å²) in [5.41, 5.74) is 1.51. The van der Waals surface area contributed by atoms with E-state index in [1.54, 1.807) is 12.1 Å². The summed E-state index contributed by atoms with van der Waals surface area (Å²) in [5, 5.41) is 7.00. The minimum absolute atomic E-state index is 0.148. The molecule has 3 aromatic rings. The van der Waals surface area contributed by atoms with Gasteiger partial charge < -0.3 is 5.32 Å². The summed E-state index contributed by atoms with van der Waals surface area (Å²) in [4.78, 5) is 24.5. The highest BCUT2D eigenvalue weighted by Gasteiger charge is 2.14. The minimum atomic E-state index is -0.366. The van der Waals surface area contributed by atoms with E-state index in [-0.39, 0.29) is 35.6 Å². The number of halogens is 1. The molecular weight excluding hydrogens is 333 g/mol. The zero-order valence-corrected chi connectivity index (χ0v) is 14.2. The molecule has 6 heteroatoms. The van der Waals surface area contributed by atoms with Crippen LogP contribution in [0.4, 0.5) is 4.39 Å². The number of carbonyl (C=O) groups is 1. The van der Waals surface area contributed by atoms with E-state index in [2.05, 4.69) is 10.4 Å². The lowest BCUT2D eigenvalue weighted by atomic mass is 10.1. The van der Waals surface area contributed by atoms with Crippen molar-refractivity contribution in [3.8, 4) is 0 Å². The number of amides is 1. The van der Waals surface area contributed by atoms with Gasteiger partial charge in [-0.1, -0.05) is 42.5 Å². The number of hydrogen-bond acceptors (Lipinski definition) is 3. The van der Waals surface area contributed by atoms with Crippen molar-refractivity contribution < 1.29 is 9.18 Å². The summed E-state index contributed by atoms with van der Waals surface area (Å²) in [6.45, 7) is 2.04. The van der Waals surface area contributed by atoms with Crippen LogP contribution in [0.15, 0.2) is 71.5 Å². The van der Waals surface area contributed by atoms with Crippen molar-refractivity contribution >= 4 is 5.91 Å². The molecule has 0 bridgehead atoms. The van der Waals surface area contributed by atoms with E-state index in [1.165, 1.54) is 28.9 Å². The smallest absolute Gasteiger partial charge is 0.272 e. The molecule has 0 saturated heterocycles. The van der Waals surface area contributed by atoms with Crippen LogP contribution >= 0.6 is 0 Å². The molecule has 3 rings (SSSR count). The Balaban J connectivity index is 1.77. The summed E-state index contributed by atoms with van der Waals surface area (Å²) in [6.07, 6.45) is 0. The number of hydrogen-bond donors (Lipinski definition) is 1. The third-order valence-electron chi connectivity index (χ3n) is 3.99. The highest BCUT2D eigenvalue weighted by atomic mass is 19.1. The molecule has 5 nitrogen and oxygen atoms in total. The van der Waals surface area contributed by atoms with Gasteiger partial charge in [0.05, 0.1) is 12.6 Å². The molecule has 26 heavy (non-hydrogen) atoms. The van der Waals surface area contributed by atoms with E-state index >= 15 is 0 Å². The fourth-order valence-electron chi connectivity index (χ4n) is 2.54. The van der Waals surface area contributed by atoms with E-state index in [0.29, 0.717) is 0 Å². The number of carbonyl (C=O) groups excluding carboxylic acids is 1. The van der Waals surface area contributed by atoms with Gasteiger partial charge >= 0.3 is 0 Å². The van der Waals surface area contributed by atoms with Crippen molar-refractivity contribution in [1.29, 1.82) is 0 Å². The van der Waals surface area contributed by atoms with E-state index in [1.807, 2.05) is 37.3 Å². The minimum Gasteiger partial charge on any atom is -0.344 e. The van der Waals surface area contributed by atoms with Gasteiger partial charge in [-0.25, -0.2) is 9.07 Å². The van der Waals surface area contributed by atoms with Crippen LogP contribution in [0.1, 0.15) is 34.6 Å². The van der Waals surface area contributed by atoms with Gasteiger partial charge in [0.15, 0.2) is 0 Å². The maximum atomic E-state index is 13.0. The van der Waals surface area contributed by atoms with Gasteiger partial charge in [0.25, 0.3) is 11.5 Å². The standard InChI is InChI=1S/C20H18FN3O2/c1-14(16-5-3-2-4-6-16)22-20(26)18-11-12-19(25)24(23-18)13-15-7-9-17(21)10-8-15/h2-12,14H,13H2,1H3,(H,22,26)/t14-/m1/s1. The van der Waals surface area contributed by atoms with Crippen molar-refractivity contribution in [1.82, 2.24) is 15.1 Å². The quantitative estimate of drug-likeness (QED) is 0.769. The first-order valence-corrected chi connectivity index (χ1v) is 8.21. The van der Waals surface area contributed by atoms with Crippen LogP contribution in [0, 0.1) is 5.82 Å². The molecular formula is C20H18FN3O2. The topological polar surface area (TPSA) is 64.0 Å². The SMILES string of the molecule is C[C@@H](NC(=O)c1ccc(=O)n(Cc2ccc(F)cc2)n1)c1ccccc1. The predicted molar refractivity (Wildman–Crippen MR) is 96.3 cm³/mol. The molecule has 2 aromatic carbocycles. The third kappa shape index (κ3) is 4.22. The largest absolute Gasteiger partial charge is 0.344 e. The molecule has 1 aromatic heterocycles. The first-order chi connectivity index (χ1) is 12.5. The molecule has 1 N–H and O–H groups in total. The van der Waals surface area contributed by atoms with E-state index in [0.717, 1.165) is 11.1 Å². The van der Waals surface area contributed by atoms with Crippen molar-refractivity contribution in [3.63, 3.8) is 0 Å². The molecule has 1 amide bonds. The molecule has 0 aliphatic carbocycles. The Morgan fingerprint density at radius 3 is 2.46 bits per heavy atom. The number of nitrogens with zero attached hydrogens (tertiary/aromatic N) is 2. The van der Waals surface area contributed by atoms with Crippen molar-refractivity contribution in [2.24, 2.45) is 0 Å². The second-order valence-electron chi connectivity index (χ2n) is 5.95. The van der Waals surface area contributed by atoms with Crippen LogP contribution in [0.5, 0.6) is 0 Å². The Bertz CT molecular complexity index is 953. The summed E-state index contributed by atoms with van der Waals surface area (Å²) >= 11 is 0. The number of benzene rings is 2. The molecule has 132 valence electrons. The maximum absolute atomic E-state index is 13.0. The Labute approximate surface area is 150 Å². The third-order valence-corrected chi connectivity index (χ3v) is 3.99. The summed E-state index contributed by atoms with van der Waals surface area (Å²) in [5.74, 6) is -0.716. The molecule has 0 aliphatic heterocycles. The molecule has 0 unspecified atom stereocenters. The zero-order valence-electron chi connectivity index (χ0n) is 14.2. The first kappa shape index (κ1) is 17.5. The predicted octanol–water partition coefficient (Wildman–Crippen LogP) is 2.92. The Hall–Kier alpha value is -3.28. The van der Waals surface area contributed by atoms with E-state index in [4.69, 9.17) is 0 Å². The average Bonchev–Trinajstić information content (AvgIpc) is 2.66. The lowest BCUT2D eigenvalue weighted by molar-refractivity contribution is 0.0932. The summed E-state index contributed by atoms with van der Waals surface area (Å²) < 4.78 is 14.2. The Morgan fingerprint density at radius 1 is 1.08 bits per heavy atom. The first-order valence-electron chi connectivity index (χ1n) is 8.21. The van der Waals surface area contributed by atoms with Gasteiger partial charge in [-0.15, -0.1) is 0 Å². The monoisotopic (exact) mass is 351 g/mol. The summed E-state index contributed by atoms with van der Waals surface area (Å²) in [6, 6.07) is 17.9. The number of rotatable bonds is 5. The average molecular weight is 351 g/mol. The van der Waals surface area contributed by atoms with Gasteiger partial charge in [0, 0.05) is 6.07 Å². The van der Waals surface area contributed by atoms with E-state index < -0.39 is 0 Å². The molecule has 0 fully saturated rings. The van der Waals surface area contributed by atoms with Gasteiger partial charge in [-0.2, -0.15) is 5.10 Å². The molecule has 0 aliphatic rings. The molecule has 1 heterocycles. The maximum Gasteiger partial charge on any atom is 0.272 e. The fraction of sp³-hybridized carbons (Fsp3) is 0.150. The second kappa shape index (κ2) is 7.74. The van der Waals surface area contributed by atoms with Gasteiger partial charge in [0.1, 0.15) is 11.5 Å². The van der Waals surface area contributed by atoms with Gasteiger partial charge in [0.2, 0.25) is 0 Å². The Morgan fingerprint density at radius 2 is 1.77 bits per heavy atom. The van der Waals surface area contributed by atoms with Crippen molar-refractivity contribution in [2.75, 3.05) is 0 Å².